The van der Waals surface area contributed by atoms with Crippen LogP contribution in [0.4, 0.5) is 0 Å². The van der Waals surface area contributed by atoms with Crippen LogP contribution in [0.15, 0.2) is 18.2 Å². The summed E-state index contributed by atoms with van der Waals surface area (Å²) in [6, 6.07) is 6.59. The van der Waals surface area contributed by atoms with Gasteiger partial charge in [-0.25, -0.2) is 0 Å². The minimum atomic E-state index is 0.796. The SMILES string of the molecule is c1cc2c(cc1OCC1CCCC1)CNCC2. The summed E-state index contributed by atoms with van der Waals surface area (Å²) in [5.74, 6) is 1.85. The molecule has 1 fully saturated rings. The van der Waals surface area contributed by atoms with E-state index in [1.165, 1.54) is 36.8 Å². The molecule has 0 bridgehead atoms. The summed E-state index contributed by atoms with van der Waals surface area (Å²) in [6.45, 7) is 3.01. The van der Waals surface area contributed by atoms with Crippen LogP contribution in [0.1, 0.15) is 36.8 Å². The molecule has 2 heteroatoms. The van der Waals surface area contributed by atoms with Crippen molar-refractivity contribution in [2.45, 2.75) is 38.6 Å². The van der Waals surface area contributed by atoms with E-state index in [-0.39, 0.29) is 0 Å². The molecule has 1 N–H and O–H groups in total. The number of fused-ring (bicyclic) bond motifs is 1. The highest BCUT2D eigenvalue weighted by atomic mass is 16.5. The van der Waals surface area contributed by atoms with Crippen molar-refractivity contribution >= 4 is 0 Å². The molecule has 2 aliphatic rings. The van der Waals surface area contributed by atoms with Crippen molar-refractivity contribution in [3.05, 3.63) is 29.3 Å². The molecule has 1 saturated carbocycles. The molecule has 0 spiro atoms. The van der Waals surface area contributed by atoms with Gasteiger partial charge in [-0.2, -0.15) is 0 Å². The molecule has 0 unspecified atom stereocenters. The Hall–Kier alpha value is -1.02. The number of hydrogen-bond donors (Lipinski definition) is 1. The third kappa shape index (κ3) is 2.63. The van der Waals surface area contributed by atoms with Gasteiger partial charge in [-0.1, -0.05) is 18.9 Å². The molecule has 1 aromatic rings. The van der Waals surface area contributed by atoms with Gasteiger partial charge >= 0.3 is 0 Å². The van der Waals surface area contributed by atoms with Crippen LogP contribution in [0.3, 0.4) is 0 Å². The van der Waals surface area contributed by atoms with Crippen molar-refractivity contribution in [2.75, 3.05) is 13.2 Å². The van der Waals surface area contributed by atoms with Gasteiger partial charge in [0.2, 0.25) is 0 Å². The van der Waals surface area contributed by atoms with Crippen molar-refractivity contribution in [3.8, 4) is 5.75 Å². The molecular weight excluding hydrogens is 210 g/mol. The predicted molar refractivity (Wildman–Crippen MR) is 69.3 cm³/mol. The Morgan fingerprint density at radius 1 is 1.18 bits per heavy atom. The van der Waals surface area contributed by atoms with Crippen molar-refractivity contribution in [2.24, 2.45) is 5.92 Å². The van der Waals surface area contributed by atoms with E-state index >= 15 is 0 Å². The average molecular weight is 231 g/mol. The minimum Gasteiger partial charge on any atom is -0.493 e. The Morgan fingerprint density at radius 3 is 2.94 bits per heavy atom. The van der Waals surface area contributed by atoms with Crippen LogP contribution < -0.4 is 10.1 Å². The third-order valence-corrected chi connectivity index (χ3v) is 4.02. The molecule has 0 aromatic heterocycles. The topological polar surface area (TPSA) is 21.3 Å². The van der Waals surface area contributed by atoms with E-state index in [0.29, 0.717) is 0 Å². The normalized spacial score (nSPS) is 20.2. The molecule has 17 heavy (non-hydrogen) atoms. The number of hydrogen-bond acceptors (Lipinski definition) is 2. The van der Waals surface area contributed by atoms with Gasteiger partial charge in [0.15, 0.2) is 0 Å². The van der Waals surface area contributed by atoms with Crippen LogP contribution in [0, 0.1) is 5.92 Å². The molecule has 0 amide bonds. The molecule has 0 atom stereocenters. The van der Waals surface area contributed by atoms with Crippen molar-refractivity contribution < 1.29 is 4.74 Å². The van der Waals surface area contributed by atoms with Crippen LogP contribution in [0.2, 0.25) is 0 Å². The van der Waals surface area contributed by atoms with E-state index in [2.05, 4.69) is 23.5 Å². The molecule has 1 heterocycles. The van der Waals surface area contributed by atoms with Gasteiger partial charge in [0.05, 0.1) is 6.61 Å². The minimum absolute atomic E-state index is 0.796. The van der Waals surface area contributed by atoms with Crippen molar-refractivity contribution in [1.29, 1.82) is 0 Å². The first-order valence-corrected chi connectivity index (χ1v) is 6.87. The van der Waals surface area contributed by atoms with Gasteiger partial charge in [-0.15, -0.1) is 0 Å². The molecule has 2 nitrogen and oxygen atoms in total. The average Bonchev–Trinajstić information content (AvgIpc) is 2.89. The van der Waals surface area contributed by atoms with Gasteiger partial charge in [0.25, 0.3) is 0 Å². The molecule has 1 aromatic carbocycles. The van der Waals surface area contributed by atoms with Crippen LogP contribution in [-0.4, -0.2) is 13.2 Å². The summed E-state index contributed by atoms with van der Waals surface area (Å²) >= 11 is 0. The zero-order chi connectivity index (χ0) is 11.5. The van der Waals surface area contributed by atoms with Gasteiger partial charge in [0.1, 0.15) is 5.75 Å². The van der Waals surface area contributed by atoms with E-state index in [1.807, 2.05) is 0 Å². The van der Waals surface area contributed by atoms with Crippen LogP contribution in [-0.2, 0) is 13.0 Å². The lowest BCUT2D eigenvalue weighted by atomic mass is 10.0. The predicted octanol–water partition coefficient (Wildman–Crippen LogP) is 2.90. The largest absolute Gasteiger partial charge is 0.493 e. The van der Waals surface area contributed by atoms with Crippen LogP contribution >= 0.6 is 0 Å². The van der Waals surface area contributed by atoms with E-state index in [1.54, 1.807) is 0 Å². The van der Waals surface area contributed by atoms with Gasteiger partial charge < -0.3 is 10.1 Å². The fourth-order valence-electron chi connectivity index (χ4n) is 2.94. The highest BCUT2D eigenvalue weighted by Crippen LogP contribution is 2.26. The second-order valence-corrected chi connectivity index (χ2v) is 5.32. The zero-order valence-electron chi connectivity index (χ0n) is 10.4. The monoisotopic (exact) mass is 231 g/mol. The number of nitrogens with one attached hydrogen (secondary N) is 1. The molecular formula is C15H21NO. The maximum Gasteiger partial charge on any atom is 0.119 e. The fourth-order valence-corrected chi connectivity index (χ4v) is 2.94. The Kier molecular flexibility index (Phi) is 3.32. The third-order valence-electron chi connectivity index (χ3n) is 4.02. The van der Waals surface area contributed by atoms with Gasteiger partial charge in [-0.3, -0.25) is 0 Å². The van der Waals surface area contributed by atoms with Crippen molar-refractivity contribution in [3.63, 3.8) is 0 Å². The summed E-state index contributed by atoms with van der Waals surface area (Å²) in [7, 11) is 0. The Labute approximate surface area is 103 Å². The molecule has 3 rings (SSSR count). The first kappa shape index (κ1) is 11.1. The van der Waals surface area contributed by atoms with Gasteiger partial charge in [0, 0.05) is 6.54 Å². The Bertz CT molecular complexity index is 383. The number of rotatable bonds is 3. The first-order chi connectivity index (χ1) is 8.42. The highest BCUT2D eigenvalue weighted by molar-refractivity contribution is 5.37. The van der Waals surface area contributed by atoms with E-state index < -0.39 is 0 Å². The second-order valence-electron chi connectivity index (χ2n) is 5.32. The van der Waals surface area contributed by atoms with E-state index in [9.17, 15) is 0 Å². The Morgan fingerprint density at radius 2 is 2.06 bits per heavy atom. The smallest absolute Gasteiger partial charge is 0.119 e. The lowest BCUT2D eigenvalue weighted by molar-refractivity contribution is 0.252. The number of benzene rings is 1. The zero-order valence-corrected chi connectivity index (χ0v) is 10.4. The summed E-state index contributed by atoms with van der Waals surface area (Å²) in [6.07, 6.45) is 6.64. The maximum atomic E-state index is 5.93. The summed E-state index contributed by atoms with van der Waals surface area (Å²) < 4.78 is 5.93. The van der Waals surface area contributed by atoms with E-state index in [0.717, 1.165) is 37.8 Å². The molecule has 0 saturated heterocycles. The lowest BCUT2D eigenvalue weighted by Crippen LogP contribution is -2.23. The lowest BCUT2D eigenvalue weighted by Gasteiger charge is -2.18. The van der Waals surface area contributed by atoms with Crippen LogP contribution in [0.5, 0.6) is 5.75 Å². The quantitative estimate of drug-likeness (QED) is 0.863. The molecule has 1 aliphatic carbocycles. The second kappa shape index (κ2) is 5.09. The van der Waals surface area contributed by atoms with Crippen molar-refractivity contribution in [1.82, 2.24) is 5.32 Å². The molecule has 92 valence electrons. The Balaban J connectivity index is 1.62. The fraction of sp³-hybridized carbons (Fsp3) is 0.600. The van der Waals surface area contributed by atoms with E-state index in [4.69, 9.17) is 4.74 Å². The first-order valence-electron chi connectivity index (χ1n) is 6.87. The highest BCUT2D eigenvalue weighted by Gasteiger charge is 2.16. The van der Waals surface area contributed by atoms with Crippen LogP contribution in [0.25, 0.3) is 0 Å². The summed E-state index contributed by atoms with van der Waals surface area (Å²) in [5.41, 5.74) is 2.90. The molecule has 0 radical (unpaired) electrons. The number of ether oxygens (including phenoxy) is 1. The maximum absolute atomic E-state index is 5.93. The summed E-state index contributed by atoms with van der Waals surface area (Å²) in [5, 5.41) is 3.41. The molecule has 1 aliphatic heterocycles. The van der Waals surface area contributed by atoms with Gasteiger partial charge in [-0.05, 0) is 55.0 Å². The summed E-state index contributed by atoms with van der Waals surface area (Å²) in [4.78, 5) is 0. The standard InChI is InChI=1S/C15H21NO/c1-2-4-12(3-1)11-17-15-6-5-13-7-8-16-10-14(13)9-15/h5-6,9,12,16H,1-4,7-8,10-11H2.